The lowest BCUT2D eigenvalue weighted by Crippen LogP contribution is -2.51. The molecule has 2 bridgehead atoms. The molecule has 5 heterocycles. The molecule has 2 atom stereocenters. The zero-order valence-corrected chi connectivity index (χ0v) is 27.6. The predicted molar refractivity (Wildman–Crippen MR) is 187 cm³/mol. The van der Waals surface area contributed by atoms with E-state index in [0.29, 0.717) is 51.9 Å². The fraction of sp³-hybridized carbons (Fsp3) is 0.194. The topological polar surface area (TPSA) is 164 Å². The Morgan fingerprint density at radius 2 is 1.90 bits per heavy atom. The fourth-order valence-corrected chi connectivity index (χ4v) is 7.87. The molecule has 0 spiro atoms. The highest BCUT2D eigenvalue weighted by atomic mass is 32.2. The maximum absolute atomic E-state index is 16.7. The standard InChI is InChI=1S/C36H29FN8O5S/c1-2-21-4-3-5-22-14-26(46)15-28(31(21)22)33-32(37)34-29(16-39-33)35(44-17-24-6-7-25(18-44)40-24)43-36(42-34)50-19-30(47)41-23-8-10-27(11-9-23)51(48,49)45-13-12-38-20-45/h1,3-5,8-16,20,24-25,40,46H,6-7,17-19H2,(H,41,47). The minimum atomic E-state index is -3.83. The number of anilines is 2. The van der Waals surface area contributed by atoms with Crippen molar-refractivity contribution < 1.29 is 27.4 Å². The number of nitrogens with one attached hydrogen (secondary N) is 2. The number of carbonyl (C=O) groups excluding carboxylic acids is 1. The number of fused-ring (bicyclic) bond motifs is 4. The Morgan fingerprint density at radius 3 is 2.63 bits per heavy atom. The van der Waals surface area contributed by atoms with Crippen molar-refractivity contribution in [1.82, 2.24) is 29.2 Å². The summed E-state index contributed by atoms with van der Waals surface area (Å²) in [5.41, 5.74) is 0.988. The third kappa shape index (κ3) is 5.94. The van der Waals surface area contributed by atoms with E-state index in [1.54, 1.807) is 24.3 Å². The molecule has 2 fully saturated rings. The first-order valence-corrected chi connectivity index (χ1v) is 17.5. The fourth-order valence-electron chi connectivity index (χ4n) is 6.75. The van der Waals surface area contributed by atoms with Crippen LogP contribution in [0.4, 0.5) is 15.9 Å². The number of aromatic hydroxyl groups is 1. The molecule has 2 aliphatic rings. The number of piperazine rings is 1. The number of phenols is 1. The van der Waals surface area contributed by atoms with Crippen molar-refractivity contribution in [1.29, 1.82) is 0 Å². The van der Waals surface area contributed by atoms with Gasteiger partial charge in [-0.3, -0.25) is 9.78 Å². The molecule has 51 heavy (non-hydrogen) atoms. The maximum atomic E-state index is 16.7. The van der Waals surface area contributed by atoms with Gasteiger partial charge in [0.1, 0.15) is 29.1 Å². The van der Waals surface area contributed by atoms with Crippen molar-refractivity contribution in [3.8, 4) is 35.4 Å². The van der Waals surface area contributed by atoms with Gasteiger partial charge in [0.2, 0.25) is 0 Å². The highest BCUT2D eigenvalue weighted by Gasteiger charge is 2.34. The highest BCUT2D eigenvalue weighted by Crippen LogP contribution is 2.38. The summed E-state index contributed by atoms with van der Waals surface area (Å²) in [4.78, 5) is 32.4. The third-order valence-corrected chi connectivity index (χ3v) is 10.7. The number of phenolic OH excluding ortho intramolecular Hbond substituents is 1. The number of amides is 1. The van der Waals surface area contributed by atoms with Crippen molar-refractivity contribution in [2.24, 2.45) is 0 Å². The van der Waals surface area contributed by atoms with Crippen LogP contribution in [-0.4, -0.2) is 75.1 Å². The molecule has 6 aromatic rings. The van der Waals surface area contributed by atoms with Gasteiger partial charge in [-0.15, -0.1) is 6.42 Å². The largest absolute Gasteiger partial charge is 0.508 e. The molecule has 2 aliphatic heterocycles. The van der Waals surface area contributed by atoms with E-state index in [-0.39, 0.29) is 39.9 Å². The molecule has 256 valence electrons. The lowest BCUT2D eigenvalue weighted by atomic mass is 9.96. The van der Waals surface area contributed by atoms with E-state index in [9.17, 15) is 18.3 Å². The second-order valence-corrected chi connectivity index (χ2v) is 14.2. The number of nitrogens with zero attached hydrogens (tertiary/aromatic N) is 6. The first-order chi connectivity index (χ1) is 24.7. The Morgan fingerprint density at radius 1 is 1.12 bits per heavy atom. The maximum Gasteiger partial charge on any atom is 0.319 e. The molecule has 8 rings (SSSR count). The quantitative estimate of drug-likeness (QED) is 0.196. The second-order valence-electron chi connectivity index (χ2n) is 12.4. The molecular weight excluding hydrogens is 676 g/mol. The van der Waals surface area contributed by atoms with Crippen molar-refractivity contribution in [2.45, 2.75) is 29.8 Å². The number of carbonyl (C=O) groups is 1. The van der Waals surface area contributed by atoms with Gasteiger partial charge in [0.25, 0.3) is 15.9 Å². The van der Waals surface area contributed by atoms with Crippen LogP contribution in [0.5, 0.6) is 11.8 Å². The Kier molecular flexibility index (Phi) is 7.97. The van der Waals surface area contributed by atoms with Gasteiger partial charge in [-0.25, -0.2) is 21.8 Å². The Balaban J connectivity index is 1.12. The molecule has 3 N–H and O–H groups in total. The van der Waals surface area contributed by atoms with Gasteiger partial charge in [0.15, 0.2) is 12.4 Å². The van der Waals surface area contributed by atoms with Gasteiger partial charge >= 0.3 is 6.01 Å². The number of terminal acetylenes is 1. The first-order valence-electron chi connectivity index (χ1n) is 16.0. The lowest BCUT2D eigenvalue weighted by molar-refractivity contribution is -0.118. The molecular formula is C36H29FN8O5S. The first kappa shape index (κ1) is 32.1. The van der Waals surface area contributed by atoms with Gasteiger partial charge in [-0.2, -0.15) is 9.97 Å². The smallest absolute Gasteiger partial charge is 0.319 e. The summed E-state index contributed by atoms with van der Waals surface area (Å²) in [5.74, 6) is 1.63. The molecule has 0 radical (unpaired) electrons. The van der Waals surface area contributed by atoms with Crippen molar-refractivity contribution >= 4 is 49.1 Å². The van der Waals surface area contributed by atoms with Crippen LogP contribution in [0.3, 0.4) is 0 Å². The van der Waals surface area contributed by atoms with E-state index < -0.39 is 28.4 Å². The average Bonchev–Trinajstić information content (AvgIpc) is 3.80. The number of rotatable bonds is 8. The van der Waals surface area contributed by atoms with Crippen LogP contribution >= 0.6 is 0 Å². The van der Waals surface area contributed by atoms with Crippen LogP contribution in [0.1, 0.15) is 18.4 Å². The number of imidazole rings is 1. The molecule has 2 unspecified atom stereocenters. The summed E-state index contributed by atoms with van der Waals surface area (Å²) in [6.45, 7) is 0.734. The van der Waals surface area contributed by atoms with Gasteiger partial charge in [-0.05, 0) is 60.7 Å². The number of benzene rings is 3. The number of pyridine rings is 1. The Bertz CT molecular complexity index is 2470. The molecule has 3 aromatic carbocycles. The van der Waals surface area contributed by atoms with Crippen LogP contribution in [0.25, 0.3) is 32.9 Å². The summed E-state index contributed by atoms with van der Waals surface area (Å²) in [6.07, 6.45) is 13.2. The second kappa shape index (κ2) is 12.7. The van der Waals surface area contributed by atoms with Crippen LogP contribution in [0, 0.1) is 18.2 Å². The van der Waals surface area contributed by atoms with E-state index in [0.717, 1.165) is 16.8 Å². The van der Waals surface area contributed by atoms with Gasteiger partial charge < -0.3 is 25.4 Å². The molecule has 0 saturated carbocycles. The molecule has 15 heteroatoms. The monoisotopic (exact) mass is 704 g/mol. The van der Waals surface area contributed by atoms with Gasteiger partial charge in [-0.1, -0.05) is 18.1 Å². The van der Waals surface area contributed by atoms with E-state index >= 15 is 4.39 Å². The van der Waals surface area contributed by atoms with Crippen molar-refractivity contribution in [3.63, 3.8) is 0 Å². The Labute approximate surface area is 291 Å². The highest BCUT2D eigenvalue weighted by molar-refractivity contribution is 7.90. The number of hydrogen-bond acceptors (Lipinski definition) is 11. The predicted octanol–water partition coefficient (Wildman–Crippen LogP) is 4.06. The minimum Gasteiger partial charge on any atom is -0.508 e. The number of aromatic nitrogens is 5. The van der Waals surface area contributed by atoms with Crippen LogP contribution in [0.15, 0.2) is 84.4 Å². The summed E-state index contributed by atoms with van der Waals surface area (Å²) in [6, 6.07) is 14.1. The van der Waals surface area contributed by atoms with Gasteiger partial charge in [0.05, 0.1) is 10.3 Å². The molecule has 0 aliphatic carbocycles. The normalized spacial score (nSPS) is 17.1. The summed E-state index contributed by atoms with van der Waals surface area (Å²) < 4.78 is 49.0. The number of halogens is 1. The van der Waals surface area contributed by atoms with Crippen molar-refractivity contribution in [3.05, 3.63) is 90.9 Å². The average molecular weight is 705 g/mol. The summed E-state index contributed by atoms with van der Waals surface area (Å²) >= 11 is 0. The zero-order valence-electron chi connectivity index (χ0n) is 26.8. The molecule has 2 saturated heterocycles. The zero-order chi connectivity index (χ0) is 35.3. The number of ether oxygens (including phenoxy) is 1. The van der Waals surface area contributed by atoms with E-state index in [1.165, 1.54) is 55.2 Å². The van der Waals surface area contributed by atoms with E-state index in [4.69, 9.17) is 11.2 Å². The summed E-state index contributed by atoms with van der Waals surface area (Å²) in [5, 5.41) is 18.3. The van der Waals surface area contributed by atoms with E-state index in [2.05, 4.69) is 41.4 Å². The van der Waals surface area contributed by atoms with Gasteiger partial charge in [0, 0.05) is 66.0 Å². The number of hydrogen-bond donors (Lipinski definition) is 3. The SMILES string of the molecule is C#Cc1cccc2cc(O)cc(-c3ncc4c(N5CC6CCC(C5)N6)nc(OCC(=O)Nc5ccc(S(=O)(=O)n6ccnc6)cc5)nc4c3F)c12. The van der Waals surface area contributed by atoms with Crippen LogP contribution in [0.2, 0.25) is 0 Å². The third-order valence-electron chi connectivity index (χ3n) is 9.06. The summed E-state index contributed by atoms with van der Waals surface area (Å²) in [7, 11) is -3.83. The van der Waals surface area contributed by atoms with Crippen molar-refractivity contribution in [2.75, 3.05) is 29.9 Å². The van der Waals surface area contributed by atoms with Crippen LogP contribution < -0.4 is 20.3 Å². The van der Waals surface area contributed by atoms with E-state index in [1.807, 2.05) is 0 Å². The lowest BCUT2D eigenvalue weighted by Gasteiger charge is -2.34. The Hall–Kier alpha value is -6.11. The molecule has 3 aromatic heterocycles. The molecule has 13 nitrogen and oxygen atoms in total. The van der Waals surface area contributed by atoms with Crippen LogP contribution in [-0.2, 0) is 14.8 Å². The molecule has 1 amide bonds. The minimum absolute atomic E-state index is 0.0123.